The first-order chi connectivity index (χ1) is 15.0. The van der Waals surface area contributed by atoms with Crippen LogP contribution in [-0.4, -0.2) is 34.8 Å². The molecule has 1 aromatic heterocycles. The normalized spacial score (nSPS) is 13.2. The molecular weight excluding hydrogens is 416 g/mol. The number of rotatable bonds is 7. The number of pyridine rings is 1. The van der Waals surface area contributed by atoms with Crippen molar-refractivity contribution in [3.05, 3.63) is 88.7 Å². The largest absolute Gasteiger partial charge is 0.480 e. The average Bonchev–Trinajstić information content (AvgIpc) is 3.10. The van der Waals surface area contributed by atoms with Gasteiger partial charge in [0.25, 0.3) is 0 Å². The van der Waals surface area contributed by atoms with Gasteiger partial charge in [-0.3, -0.25) is 4.98 Å². The van der Waals surface area contributed by atoms with E-state index in [2.05, 4.69) is 22.4 Å². The fourth-order valence-electron chi connectivity index (χ4n) is 3.93. The van der Waals surface area contributed by atoms with Crippen molar-refractivity contribution in [3.8, 4) is 11.1 Å². The van der Waals surface area contributed by atoms with E-state index >= 15 is 0 Å². The molecule has 0 fully saturated rings. The summed E-state index contributed by atoms with van der Waals surface area (Å²) in [6, 6.07) is 16.6. The molecule has 1 aliphatic rings. The van der Waals surface area contributed by atoms with Gasteiger partial charge in [0.15, 0.2) is 0 Å². The number of carboxylic acid groups (broad SMARTS) is 1. The van der Waals surface area contributed by atoms with Gasteiger partial charge in [-0.1, -0.05) is 60.1 Å². The lowest BCUT2D eigenvalue weighted by atomic mass is 9.98. The smallest absolute Gasteiger partial charge is 0.407 e. The molecule has 0 spiro atoms. The molecule has 158 valence electrons. The van der Waals surface area contributed by atoms with E-state index in [-0.39, 0.29) is 18.9 Å². The van der Waals surface area contributed by atoms with E-state index in [1.807, 2.05) is 36.4 Å². The number of nitrogens with zero attached hydrogens (tertiary/aromatic N) is 1. The zero-order valence-corrected chi connectivity index (χ0v) is 17.4. The zero-order chi connectivity index (χ0) is 21.8. The van der Waals surface area contributed by atoms with E-state index in [1.54, 1.807) is 18.5 Å². The van der Waals surface area contributed by atoms with Crippen molar-refractivity contribution in [2.75, 3.05) is 6.61 Å². The van der Waals surface area contributed by atoms with Gasteiger partial charge in [0, 0.05) is 23.3 Å². The molecule has 2 aromatic carbocycles. The Morgan fingerprint density at radius 2 is 1.71 bits per heavy atom. The van der Waals surface area contributed by atoms with Crippen LogP contribution in [0, 0.1) is 0 Å². The van der Waals surface area contributed by atoms with Crippen LogP contribution in [0.3, 0.4) is 0 Å². The van der Waals surface area contributed by atoms with Gasteiger partial charge >= 0.3 is 12.1 Å². The SMILES string of the molecule is O=C(N[C@@H](CCc1cnccc1Cl)C(=O)O)OCC1c2ccccc2-c2ccccc21. The predicted octanol–water partition coefficient (Wildman–Crippen LogP) is 4.66. The molecule has 1 amide bonds. The first-order valence-corrected chi connectivity index (χ1v) is 10.3. The lowest BCUT2D eigenvalue weighted by molar-refractivity contribution is -0.139. The number of hydrogen-bond donors (Lipinski definition) is 2. The second-order valence-corrected chi connectivity index (χ2v) is 7.77. The number of carbonyl (C=O) groups excluding carboxylic acids is 1. The number of aromatic nitrogens is 1. The number of fused-ring (bicyclic) bond motifs is 3. The maximum Gasteiger partial charge on any atom is 0.407 e. The Labute approximate surface area is 184 Å². The summed E-state index contributed by atoms with van der Waals surface area (Å²) in [6.07, 6.45) is 2.94. The highest BCUT2D eigenvalue weighted by atomic mass is 35.5. The highest BCUT2D eigenvalue weighted by Gasteiger charge is 2.29. The fourth-order valence-corrected chi connectivity index (χ4v) is 4.13. The summed E-state index contributed by atoms with van der Waals surface area (Å²) < 4.78 is 5.44. The molecule has 0 saturated heterocycles. The van der Waals surface area contributed by atoms with Crippen molar-refractivity contribution < 1.29 is 19.4 Å². The van der Waals surface area contributed by atoms with Crippen molar-refractivity contribution in [2.24, 2.45) is 0 Å². The molecule has 2 N–H and O–H groups in total. The number of carbonyl (C=O) groups is 2. The van der Waals surface area contributed by atoms with E-state index in [9.17, 15) is 14.7 Å². The number of halogens is 1. The molecule has 1 heterocycles. The van der Waals surface area contributed by atoms with Gasteiger partial charge in [0.1, 0.15) is 12.6 Å². The van der Waals surface area contributed by atoms with Gasteiger partial charge in [-0.15, -0.1) is 0 Å². The van der Waals surface area contributed by atoms with Crippen molar-refractivity contribution in [1.29, 1.82) is 0 Å². The summed E-state index contributed by atoms with van der Waals surface area (Å²) in [5, 5.41) is 12.5. The van der Waals surface area contributed by atoms with Crippen molar-refractivity contribution in [3.63, 3.8) is 0 Å². The number of nitrogens with one attached hydrogen (secondary N) is 1. The van der Waals surface area contributed by atoms with Crippen LogP contribution < -0.4 is 5.32 Å². The number of aryl methyl sites for hydroxylation is 1. The molecule has 0 unspecified atom stereocenters. The third-order valence-electron chi connectivity index (χ3n) is 5.48. The van der Waals surface area contributed by atoms with Crippen LogP contribution in [0.4, 0.5) is 4.79 Å². The minimum atomic E-state index is -1.13. The van der Waals surface area contributed by atoms with Crippen LogP contribution in [0.2, 0.25) is 5.02 Å². The van der Waals surface area contributed by atoms with Gasteiger partial charge in [0.05, 0.1) is 0 Å². The number of benzene rings is 2. The number of aliphatic carboxylic acids is 1. The van der Waals surface area contributed by atoms with Crippen LogP contribution in [-0.2, 0) is 16.0 Å². The minimum Gasteiger partial charge on any atom is -0.480 e. The van der Waals surface area contributed by atoms with Crippen molar-refractivity contribution in [2.45, 2.75) is 24.8 Å². The maximum absolute atomic E-state index is 12.4. The highest BCUT2D eigenvalue weighted by Crippen LogP contribution is 2.44. The molecule has 3 aromatic rings. The van der Waals surface area contributed by atoms with Crippen LogP contribution in [0.5, 0.6) is 0 Å². The van der Waals surface area contributed by atoms with E-state index in [4.69, 9.17) is 16.3 Å². The molecule has 1 aliphatic carbocycles. The standard InChI is InChI=1S/C24H21ClN2O4/c25-21-11-12-26-13-15(21)9-10-22(23(28)29)27-24(30)31-14-20-18-7-3-1-5-16(18)17-6-2-4-8-19(17)20/h1-8,11-13,20,22H,9-10,14H2,(H,27,30)(H,28,29)/t22-/m0/s1. The second-order valence-electron chi connectivity index (χ2n) is 7.37. The quantitative estimate of drug-likeness (QED) is 0.562. The summed E-state index contributed by atoms with van der Waals surface area (Å²) in [7, 11) is 0. The Hall–Kier alpha value is -3.38. The lowest BCUT2D eigenvalue weighted by Gasteiger charge is -2.17. The zero-order valence-electron chi connectivity index (χ0n) is 16.6. The Balaban J connectivity index is 1.39. The molecule has 4 rings (SSSR count). The molecule has 7 heteroatoms. The number of amides is 1. The van der Waals surface area contributed by atoms with Gasteiger partial charge < -0.3 is 15.2 Å². The summed E-state index contributed by atoms with van der Waals surface area (Å²) in [6.45, 7) is 0.126. The Morgan fingerprint density at radius 3 is 2.32 bits per heavy atom. The maximum atomic E-state index is 12.4. The number of hydrogen-bond acceptors (Lipinski definition) is 4. The molecule has 0 bridgehead atoms. The van der Waals surface area contributed by atoms with Gasteiger partial charge in [0.2, 0.25) is 0 Å². The van der Waals surface area contributed by atoms with Crippen LogP contribution in [0.25, 0.3) is 11.1 Å². The van der Waals surface area contributed by atoms with Crippen LogP contribution >= 0.6 is 11.6 Å². The Morgan fingerprint density at radius 1 is 1.06 bits per heavy atom. The fraction of sp³-hybridized carbons (Fsp3) is 0.208. The molecule has 1 atom stereocenters. The van der Waals surface area contributed by atoms with Crippen molar-refractivity contribution >= 4 is 23.7 Å². The predicted molar refractivity (Wildman–Crippen MR) is 117 cm³/mol. The third-order valence-corrected chi connectivity index (χ3v) is 5.85. The topological polar surface area (TPSA) is 88.5 Å². The van der Waals surface area contributed by atoms with Crippen LogP contribution in [0.1, 0.15) is 29.0 Å². The highest BCUT2D eigenvalue weighted by molar-refractivity contribution is 6.31. The van der Waals surface area contributed by atoms with E-state index in [1.165, 1.54) is 0 Å². The Kier molecular flexibility index (Phi) is 6.18. The molecule has 31 heavy (non-hydrogen) atoms. The molecule has 6 nitrogen and oxygen atoms in total. The average molecular weight is 437 g/mol. The first kappa shape index (κ1) is 20.9. The lowest BCUT2D eigenvalue weighted by Crippen LogP contribution is -2.41. The molecule has 0 radical (unpaired) electrons. The van der Waals surface area contributed by atoms with Gasteiger partial charge in [-0.2, -0.15) is 0 Å². The summed E-state index contributed by atoms with van der Waals surface area (Å²) in [5.41, 5.74) is 5.17. The van der Waals surface area contributed by atoms with Gasteiger partial charge in [-0.05, 0) is 46.7 Å². The summed E-state index contributed by atoms with van der Waals surface area (Å²) >= 11 is 6.10. The molecule has 0 saturated carbocycles. The molecular formula is C24H21ClN2O4. The van der Waals surface area contributed by atoms with Crippen LogP contribution in [0.15, 0.2) is 67.0 Å². The number of alkyl carbamates (subject to hydrolysis) is 1. The van der Waals surface area contributed by atoms with Gasteiger partial charge in [-0.25, -0.2) is 9.59 Å². The second kappa shape index (κ2) is 9.18. The van der Waals surface area contributed by atoms with E-state index in [0.717, 1.165) is 27.8 Å². The molecule has 0 aliphatic heterocycles. The first-order valence-electron chi connectivity index (χ1n) is 9.97. The minimum absolute atomic E-state index is 0.0874. The van der Waals surface area contributed by atoms with Crippen molar-refractivity contribution in [1.82, 2.24) is 10.3 Å². The number of ether oxygens (including phenoxy) is 1. The summed E-state index contributed by atoms with van der Waals surface area (Å²) in [5.74, 6) is -1.22. The monoisotopic (exact) mass is 436 g/mol. The van der Waals surface area contributed by atoms with E-state index in [0.29, 0.717) is 11.4 Å². The summed E-state index contributed by atoms with van der Waals surface area (Å²) in [4.78, 5) is 28.0. The Bertz CT molecular complexity index is 1070. The number of carboxylic acids is 1. The third kappa shape index (κ3) is 4.54. The van der Waals surface area contributed by atoms with E-state index < -0.39 is 18.1 Å².